The number of para-hydroxylation sites is 2. The molecule has 1 saturated heterocycles. The molecule has 1 aromatic rings. The van der Waals surface area contributed by atoms with Gasteiger partial charge in [-0.05, 0) is 37.3 Å². The van der Waals surface area contributed by atoms with Crippen LogP contribution < -0.4 is 10.6 Å². The highest BCUT2D eigenvalue weighted by Gasteiger charge is 2.26. The summed E-state index contributed by atoms with van der Waals surface area (Å²) >= 11 is 0. The molecule has 1 aliphatic rings. The summed E-state index contributed by atoms with van der Waals surface area (Å²) in [6.45, 7) is 6.60. The second kappa shape index (κ2) is 8.03. The minimum absolute atomic E-state index is 0.0214. The number of ether oxygens (including phenoxy) is 1. The molecule has 0 aliphatic carbocycles. The molecule has 0 saturated carbocycles. The molecule has 2 N–H and O–H groups in total. The SMILES string of the molecule is CCCNc1ccccc1NC(=O)[C@@H](C)C1CCOCC1. The monoisotopic (exact) mass is 290 g/mol. The van der Waals surface area contributed by atoms with Crippen LogP contribution in [0.5, 0.6) is 0 Å². The van der Waals surface area contributed by atoms with Crippen molar-refractivity contribution < 1.29 is 9.53 Å². The molecule has 0 bridgehead atoms. The quantitative estimate of drug-likeness (QED) is 0.843. The maximum absolute atomic E-state index is 12.5. The third-order valence-corrected chi connectivity index (χ3v) is 4.14. The van der Waals surface area contributed by atoms with Crippen molar-refractivity contribution in [1.29, 1.82) is 0 Å². The van der Waals surface area contributed by atoms with Crippen LogP contribution in [0.25, 0.3) is 0 Å². The first-order valence-electron chi connectivity index (χ1n) is 7.94. The minimum atomic E-state index is 0.0214. The van der Waals surface area contributed by atoms with Crippen LogP contribution in [0, 0.1) is 11.8 Å². The lowest BCUT2D eigenvalue weighted by Gasteiger charge is -2.27. The van der Waals surface area contributed by atoms with Gasteiger partial charge in [-0.25, -0.2) is 0 Å². The van der Waals surface area contributed by atoms with E-state index < -0.39 is 0 Å². The Kier molecular flexibility index (Phi) is 6.05. The van der Waals surface area contributed by atoms with Gasteiger partial charge in [-0.1, -0.05) is 26.0 Å². The van der Waals surface area contributed by atoms with Gasteiger partial charge < -0.3 is 15.4 Å². The Labute approximate surface area is 127 Å². The molecule has 116 valence electrons. The minimum Gasteiger partial charge on any atom is -0.383 e. The highest BCUT2D eigenvalue weighted by Crippen LogP contribution is 2.27. The van der Waals surface area contributed by atoms with Crippen molar-refractivity contribution in [2.24, 2.45) is 11.8 Å². The zero-order valence-electron chi connectivity index (χ0n) is 13.0. The highest BCUT2D eigenvalue weighted by molar-refractivity contribution is 5.95. The second-order valence-corrected chi connectivity index (χ2v) is 5.70. The maximum Gasteiger partial charge on any atom is 0.227 e. The number of rotatable bonds is 6. The molecule has 1 heterocycles. The Morgan fingerprint density at radius 1 is 1.29 bits per heavy atom. The van der Waals surface area contributed by atoms with Crippen molar-refractivity contribution >= 4 is 17.3 Å². The van der Waals surface area contributed by atoms with Gasteiger partial charge in [-0.15, -0.1) is 0 Å². The summed E-state index contributed by atoms with van der Waals surface area (Å²) in [5.41, 5.74) is 1.86. The van der Waals surface area contributed by atoms with Gasteiger partial charge in [0.15, 0.2) is 0 Å². The van der Waals surface area contributed by atoms with Crippen molar-refractivity contribution in [2.45, 2.75) is 33.1 Å². The summed E-state index contributed by atoms with van der Waals surface area (Å²) in [6.07, 6.45) is 3.01. The zero-order valence-corrected chi connectivity index (χ0v) is 13.0. The van der Waals surface area contributed by atoms with Crippen molar-refractivity contribution in [2.75, 3.05) is 30.4 Å². The van der Waals surface area contributed by atoms with Gasteiger partial charge in [0.05, 0.1) is 11.4 Å². The Hall–Kier alpha value is -1.55. The molecule has 4 heteroatoms. The van der Waals surface area contributed by atoms with E-state index in [9.17, 15) is 4.79 Å². The Bertz CT molecular complexity index is 456. The van der Waals surface area contributed by atoms with Crippen molar-refractivity contribution in [3.8, 4) is 0 Å². The van der Waals surface area contributed by atoms with Crippen LogP contribution in [0.4, 0.5) is 11.4 Å². The molecule has 1 fully saturated rings. The smallest absolute Gasteiger partial charge is 0.227 e. The second-order valence-electron chi connectivity index (χ2n) is 5.70. The molecule has 0 spiro atoms. The Balaban J connectivity index is 1.98. The van der Waals surface area contributed by atoms with Gasteiger partial charge in [-0.3, -0.25) is 4.79 Å². The molecule has 1 amide bonds. The van der Waals surface area contributed by atoms with Crippen LogP contribution >= 0.6 is 0 Å². The van der Waals surface area contributed by atoms with Gasteiger partial charge in [0.2, 0.25) is 5.91 Å². The van der Waals surface area contributed by atoms with Gasteiger partial charge >= 0.3 is 0 Å². The predicted octanol–water partition coefficient (Wildman–Crippen LogP) is 3.51. The van der Waals surface area contributed by atoms with Crippen LogP contribution in [0.2, 0.25) is 0 Å². The van der Waals surface area contributed by atoms with E-state index in [0.717, 1.165) is 50.4 Å². The fourth-order valence-corrected chi connectivity index (χ4v) is 2.68. The summed E-state index contributed by atoms with van der Waals surface area (Å²) in [4.78, 5) is 12.5. The molecule has 0 unspecified atom stereocenters. The molecule has 0 aromatic heterocycles. The van der Waals surface area contributed by atoms with Crippen LogP contribution in [0.1, 0.15) is 33.1 Å². The molecule has 4 nitrogen and oxygen atoms in total. The average Bonchev–Trinajstić information content (AvgIpc) is 2.54. The zero-order chi connectivity index (χ0) is 15.1. The topological polar surface area (TPSA) is 50.4 Å². The number of hydrogen-bond acceptors (Lipinski definition) is 3. The third-order valence-electron chi connectivity index (χ3n) is 4.14. The van der Waals surface area contributed by atoms with Gasteiger partial charge in [0, 0.05) is 25.7 Å². The first-order valence-corrected chi connectivity index (χ1v) is 7.94. The summed E-state index contributed by atoms with van der Waals surface area (Å²) in [7, 11) is 0. The van der Waals surface area contributed by atoms with E-state index in [2.05, 4.69) is 17.6 Å². The van der Waals surface area contributed by atoms with Crippen LogP contribution in [-0.2, 0) is 9.53 Å². The summed E-state index contributed by atoms with van der Waals surface area (Å²) < 4.78 is 5.37. The van der Waals surface area contributed by atoms with E-state index in [4.69, 9.17) is 4.74 Å². The number of hydrogen-bond donors (Lipinski definition) is 2. The fraction of sp³-hybridized carbons (Fsp3) is 0.588. The van der Waals surface area contributed by atoms with E-state index in [0.29, 0.717) is 5.92 Å². The van der Waals surface area contributed by atoms with Crippen molar-refractivity contribution in [3.63, 3.8) is 0 Å². The van der Waals surface area contributed by atoms with Gasteiger partial charge in [0.25, 0.3) is 0 Å². The third kappa shape index (κ3) is 4.46. The number of carbonyl (C=O) groups excluding carboxylic acids is 1. The van der Waals surface area contributed by atoms with E-state index in [1.54, 1.807) is 0 Å². The number of amides is 1. The van der Waals surface area contributed by atoms with E-state index in [1.807, 2.05) is 31.2 Å². The molecule has 0 radical (unpaired) electrons. The normalized spacial score (nSPS) is 17.2. The fourth-order valence-electron chi connectivity index (χ4n) is 2.68. The van der Waals surface area contributed by atoms with E-state index in [-0.39, 0.29) is 11.8 Å². The molecule has 1 aromatic carbocycles. The van der Waals surface area contributed by atoms with E-state index >= 15 is 0 Å². The summed E-state index contributed by atoms with van der Waals surface area (Å²) in [5.74, 6) is 0.551. The number of benzene rings is 1. The molecule has 21 heavy (non-hydrogen) atoms. The molecular formula is C17H26N2O2. The first-order chi connectivity index (χ1) is 10.2. The molecular weight excluding hydrogens is 264 g/mol. The van der Waals surface area contributed by atoms with Gasteiger partial charge in [0.1, 0.15) is 0 Å². The van der Waals surface area contributed by atoms with E-state index in [1.165, 1.54) is 0 Å². The average molecular weight is 290 g/mol. The standard InChI is InChI=1S/C17H26N2O2/c1-3-10-18-15-6-4-5-7-16(15)19-17(20)13(2)14-8-11-21-12-9-14/h4-7,13-14,18H,3,8-12H2,1-2H3,(H,19,20)/t13-/m0/s1. The van der Waals surface area contributed by atoms with Crippen LogP contribution in [0.3, 0.4) is 0 Å². The first kappa shape index (κ1) is 15.8. The lowest BCUT2D eigenvalue weighted by Crippen LogP contribution is -2.31. The predicted molar refractivity (Wildman–Crippen MR) is 86.6 cm³/mol. The van der Waals surface area contributed by atoms with Crippen molar-refractivity contribution in [1.82, 2.24) is 0 Å². The Morgan fingerprint density at radius 3 is 2.62 bits per heavy atom. The number of nitrogens with one attached hydrogen (secondary N) is 2. The van der Waals surface area contributed by atoms with Gasteiger partial charge in [-0.2, -0.15) is 0 Å². The highest BCUT2D eigenvalue weighted by atomic mass is 16.5. The maximum atomic E-state index is 12.5. The molecule has 1 atom stereocenters. The van der Waals surface area contributed by atoms with Crippen molar-refractivity contribution in [3.05, 3.63) is 24.3 Å². The Morgan fingerprint density at radius 2 is 1.95 bits per heavy atom. The lowest BCUT2D eigenvalue weighted by atomic mass is 9.86. The molecule has 1 aliphatic heterocycles. The molecule has 2 rings (SSSR count). The largest absolute Gasteiger partial charge is 0.383 e. The number of anilines is 2. The summed E-state index contributed by atoms with van der Waals surface area (Å²) in [6, 6.07) is 7.89. The number of carbonyl (C=O) groups is 1. The lowest BCUT2D eigenvalue weighted by molar-refractivity contribution is -0.122. The van der Waals surface area contributed by atoms with Crippen LogP contribution in [0.15, 0.2) is 24.3 Å². The van der Waals surface area contributed by atoms with Crippen LogP contribution in [-0.4, -0.2) is 25.7 Å². The summed E-state index contributed by atoms with van der Waals surface area (Å²) in [5, 5.41) is 6.43.